The smallest absolute Gasteiger partial charge is 0.310 e. The average molecular weight is 364 g/mol. The summed E-state index contributed by atoms with van der Waals surface area (Å²) in [5.41, 5.74) is 1.44. The molecule has 4 rings (SSSR count). The van der Waals surface area contributed by atoms with Crippen molar-refractivity contribution < 1.29 is 23.9 Å². The monoisotopic (exact) mass is 363 g/mol. The van der Waals surface area contributed by atoms with Crippen LogP contribution in [0.1, 0.15) is 18.4 Å². The van der Waals surface area contributed by atoms with E-state index in [1.165, 1.54) is 0 Å². The molecule has 1 aromatic rings. The van der Waals surface area contributed by atoms with Crippen molar-refractivity contribution in [1.82, 2.24) is 0 Å². The van der Waals surface area contributed by atoms with Gasteiger partial charge in [0.05, 0.1) is 11.8 Å². The minimum Gasteiger partial charge on any atom is -0.462 e. The number of fused-ring (bicyclic) bond motifs is 1. The molecular formula is C18H18ClNO5. The quantitative estimate of drug-likeness (QED) is 0.830. The number of carbonyl (C=O) groups excluding carboxylic acids is 3. The SMILES string of the molecule is Cc1ccc(Cl)cc1NC(=O)COC(=O)[C@H]1[C@@H]2C[C@@H]3[C@@H]1C(=O)O[C@@H]3C2. The summed E-state index contributed by atoms with van der Waals surface area (Å²) in [6.07, 6.45) is 1.52. The fourth-order valence-corrected chi connectivity index (χ4v) is 4.65. The highest BCUT2D eigenvalue weighted by Gasteiger charge is 2.64. The van der Waals surface area contributed by atoms with Crippen molar-refractivity contribution >= 4 is 35.1 Å². The van der Waals surface area contributed by atoms with Gasteiger partial charge in [-0.2, -0.15) is 0 Å². The molecule has 2 aliphatic carbocycles. The number of esters is 2. The Morgan fingerprint density at radius 2 is 2.16 bits per heavy atom. The first kappa shape index (κ1) is 16.4. The van der Waals surface area contributed by atoms with Crippen LogP contribution in [0.2, 0.25) is 5.02 Å². The van der Waals surface area contributed by atoms with Crippen LogP contribution in [-0.4, -0.2) is 30.6 Å². The Bertz CT molecular complexity index is 762. The summed E-state index contributed by atoms with van der Waals surface area (Å²) in [4.78, 5) is 36.4. The molecular weight excluding hydrogens is 346 g/mol. The van der Waals surface area contributed by atoms with E-state index in [2.05, 4.69) is 5.32 Å². The molecule has 132 valence electrons. The standard InChI is InChI=1S/C18H18ClNO5/c1-8-2-3-10(19)6-12(8)20-14(21)7-24-17(22)15-9-4-11-13(5-9)25-18(23)16(11)15/h2-3,6,9,11,13,15-16H,4-5,7H2,1H3,(H,20,21)/t9-,11+,13-,15+,16+/m1/s1. The molecule has 1 N–H and O–H groups in total. The van der Waals surface area contributed by atoms with Crippen molar-refractivity contribution in [2.45, 2.75) is 25.9 Å². The maximum atomic E-state index is 12.4. The molecule has 0 unspecified atom stereocenters. The van der Waals surface area contributed by atoms with Gasteiger partial charge < -0.3 is 14.8 Å². The molecule has 1 aliphatic heterocycles. The Kier molecular flexibility index (Phi) is 3.95. The number of ether oxygens (including phenoxy) is 2. The number of nitrogens with one attached hydrogen (secondary N) is 1. The molecule has 1 aromatic carbocycles. The number of benzene rings is 1. The van der Waals surface area contributed by atoms with Gasteiger partial charge in [0.1, 0.15) is 6.10 Å². The van der Waals surface area contributed by atoms with Gasteiger partial charge in [-0.3, -0.25) is 14.4 Å². The molecule has 2 saturated carbocycles. The largest absolute Gasteiger partial charge is 0.462 e. The van der Waals surface area contributed by atoms with Crippen LogP contribution in [-0.2, 0) is 23.9 Å². The number of aryl methyl sites for hydroxylation is 1. The molecule has 0 spiro atoms. The van der Waals surface area contributed by atoms with Crippen LogP contribution >= 0.6 is 11.6 Å². The summed E-state index contributed by atoms with van der Waals surface area (Å²) in [7, 11) is 0. The number of carbonyl (C=O) groups is 3. The minimum atomic E-state index is -0.479. The van der Waals surface area contributed by atoms with Crippen LogP contribution in [0.15, 0.2) is 18.2 Å². The molecule has 1 amide bonds. The van der Waals surface area contributed by atoms with Crippen LogP contribution in [0.5, 0.6) is 0 Å². The van der Waals surface area contributed by atoms with Gasteiger partial charge in [-0.05, 0) is 43.4 Å². The van der Waals surface area contributed by atoms with Gasteiger partial charge in [-0.1, -0.05) is 17.7 Å². The maximum Gasteiger partial charge on any atom is 0.310 e. The van der Waals surface area contributed by atoms with Crippen molar-refractivity contribution in [1.29, 1.82) is 0 Å². The van der Waals surface area contributed by atoms with Gasteiger partial charge in [-0.15, -0.1) is 0 Å². The molecule has 2 bridgehead atoms. The fourth-order valence-electron chi connectivity index (χ4n) is 4.47. The number of hydrogen-bond donors (Lipinski definition) is 1. The summed E-state index contributed by atoms with van der Waals surface area (Å²) in [6, 6.07) is 5.16. The van der Waals surface area contributed by atoms with E-state index in [4.69, 9.17) is 21.1 Å². The van der Waals surface area contributed by atoms with E-state index >= 15 is 0 Å². The molecule has 6 nitrogen and oxygen atoms in total. The molecule has 5 atom stereocenters. The first-order valence-electron chi connectivity index (χ1n) is 8.37. The molecule has 1 saturated heterocycles. The predicted molar refractivity (Wildman–Crippen MR) is 88.9 cm³/mol. The topological polar surface area (TPSA) is 81.7 Å². The lowest BCUT2D eigenvalue weighted by Crippen LogP contribution is -2.35. The highest BCUT2D eigenvalue weighted by molar-refractivity contribution is 6.31. The normalized spacial score (nSPS) is 31.8. The zero-order valence-electron chi connectivity index (χ0n) is 13.7. The number of anilines is 1. The van der Waals surface area contributed by atoms with Crippen molar-refractivity contribution in [2.24, 2.45) is 23.7 Å². The second kappa shape index (κ2) is 6.02. The van der Waals surface area contributed by atoms with Crippen molar-refractivity contribution in [3.8, 4) is 0 Å². The summed E-state index contributed by atoms with van der Waals surface area (Å²) >= 11 is 5.92. The predicted octanol–water partition coefficient (Wildman–Crippen LogP) is 2.33. The van der Waals surface area contributed by atoms with Crippen LogP contribution in [0.25, 0.3) is 0 Å². The minimum absolute atomic E-state index is 0.0272. The van der Waals surface area contributed by atoms with E-state index in [1.54, 1.807) is 18.2 Å². The first-order chi connectivity index (χ1) is 11.9. The number of rotatable bonds is 4. The Morgan fingerprint density at radius 1 is 1.36 bits per heavy atom. The number of amides is 1. The summed E-state index contributed by atoms with van der Waals surface area (Å²) in [6.45, 7) is 1.46. The van der Waals surface area contributed by atoms with E-state index in [0.29, 0.717) is 10.7 Å². The van der Waals surface area contributed by atoms with Crippen molar-refractivity contribution in [2.75, 3.05) is 11.9 Å². The first-order valence-corrected chi connectivity index (χ1v) is 8.75. The van der Waals surface area contributed by atoms with Gasteiger partial charge in [0.2, 0.25) is 0 Å². The zero-order chi connectivity index (χ0) is 17.7. The third kappa shape index (κ3) is 2.78. The van der Waals surface area contributed by atoms with E-state index in [-0.39, 0.29) is 30.5 Å². The second-order valence-electron chi connectivity index (χ2n) is 7.04. The summed E-state index contributed by atoms with van der Waals surface area (Å²) < 4.78 is 10.5. The van der Waals surface area contributed by atoms with Gasteiger partial charge in [0, 0.05) is 16.6 Å². The summed E-state index contributed by atoms with van der Waals surface area (Å²) in [5.74, 6) is -1.82. The number of halogens is 1. The maximum absolute atomic E-state index is 12.4. The van der Waals surface area contributed by atoms with Crippen LogP contribution in [0.4, 0.5) is 5.69 Å². The molecule has 3 fully saturated rings. The molecule has 1 heterocycles. The second-order valence-corrected chi connectivity index (χ2v) is 7.47. The molecule has 0 aromatic heterocycles. The van der Waals surface area contributed by atoms with E-state index in [0.717, 1.165) is 18.4 Å². The Hall–Kier alpha value is -2.08. The summed E-state index contributed by atoms with van der Waals surface area (Å²) in [5, 5.41) is 3.19. The third-order valence-corrected chi connectivity index (χ3v) is 5.81. The molecule has 0 radical (unpaired) electrons. The zero-order valence-corrected chi connectivity index (χ0v) is 14.4. The lowest BCUT2D eigenvalue weighted by molar-refractivity contribution is -0.157. The van der Waals surface area contributed by atoms with E-state index in [9.17, 15) is 14.4 Å². The van der Waals surface area contributed by atoms with Gasteiger partial charge in [-0.25, -0.2) is 0 Å². The Labute approximate surface area is 149 Å². The Balaban J connectivity index is 1.35. The van der Waals surface area contributed by atoms with E-state index < -0.39 is 23.7 Å². The van der Waals surface area contributed by atoms with Crippen LogP contribution in [0, 0.1) is 30.6 Å². The number of hydrogen-bond acceptors (Lipinski definition) is 5. The Morgan fingerprint density at radius 3 is 2.96 bits per heavy atom. The molecule has 25 heavy (non-hydrogen) atoms. The van der Waals surface area contributed by atoms with Crippen LogP contribution < -0.4 is 5.32 Å². The average Bonchev–Trinajstić information content (AvgIpc) is 3.18. The lowest BCUT2D eigenvalue weighted by atomic mass is 9.80. The molecule has 7 heteroatoms. The van der Waals surface area contributed by atoms with Gasteiger partial charge >= 0.3 is 11.9 Å². The van der Waals surface area contributed by atoms with Gasteiger partial charge in [0.15, 0.2) is 6.61 Å². The highest BCUT2D eigenvalue weighted by Crippen LogP contribution is 2.57. The lowest BCUT2D eigenvalue weighted by Gasteiger charge is -2.22. The fraction of sp³-hybridized carbons (Fsp3) is 0.500. The van der Waals surface area contributed by atoms with E-state index in [1.807, 2.05) is 6.92 Å². The van der Waals surface area contributed by atoms with Crippen molar-refractivity contribution in [3.05, 3.63) is 28.8 Å². The third-order valence-electron chi connectivity index (χ3n) is 5.57. The van der Waals surface area contributed by atoms with Crippen LogP contribution in [0.3, 0.4) is 0 Å². The van der Waals surface area contributed by atoms with Crippen molar-refractivity contribution in [3.63, 3.8) is 0 Å². The molecule has 3 aliphatic rings. The van der Waals surface area contributed by atoms with Gasteiger partial charge in [0.25, 0.3) is 5.91 Å². The highest BCUT2D eigenvalue weighted by atomic mass is 35.5.